The third-order valence-electron chi connectivity index (χ3n) is 5.35. The van der Waals surface area contributed by atoms with E-state index in [0.29, 0.717) is 6.42 Å². The molecule has 5 atom stereocenters. The maximum atomic E-state index is 13.3. The van der Waals surface area contributed by atoms with Gasteiger partial charge in [-0.1, -0.05) is 33.7 Å². The number of anilines is 1. The van der Waals surface area contributed by atoms with Crippen LogP contribution >= 0.6 is 15.9 Å². The van der Waals surface area contributed by atoms with Gasteiger partial charge in [-0.25, -0.2) is 0 Å². The Bertz CT molecular complexity index is 802. The van der Waals surface area contributed by atoms with Gasteiger partial charge in [-0.2, -0.15) is 0 Å². The number of carbonyl (C=O) groups excluding carboxylic acids is 1. The molecule has 4 rings (SSSR count). The van der Waals surface area contributed by atoms with Crippen LogP contribution in [0.15, 0.2) is 53.0 Å². The zero-order valence-electron chi connectivity index (χ0n) is 13.7. The van der Waals surface area contributed by atoms with E-state index in [1.807, 2.05) is 37.3 Å². The van der Waals surface area contributed by atoms with E-state index < -0.39 is 29.5 Å². The Kier molecular flexibility index (Phi) is 3.67. The van der Waals surface area contributed by atoms with Gasteiger partial charge in [0.25, 0.3) is 0 Å². The van der Waals surface area contributed by atoms with Crippen LogP contribution in [0.5, 0.6) is 0 Å². The molecule has 1 amide bonds. The minimum absolute atomic E-state index is 0.187. The van der Waals surface area contributed by atoms with Crippen LogP contribution in [-0.4, -0.2) is 34.7 Å². The molecule has 1 aromatic rings. The Morgan fingerprint density at radius 1 is 1.40 bits per heavy atom. The first-order valence-corrected chi connectivity index (χ1v) is 8.97. The molecule has 3 aliphatic rings. The monoisotopic (exact) mass is 403 g/mol. The summed E-state index contributed by atoms with van der Waals surface area (Å²) in [7, 11) is 0. The first-order valence-electron chi connectivity index (χ1n) is 8.18. The molecule has 6 heteroatoms. The summed E-state index contributed by atoms with van der Waals surface area (Å²) in [5.41, 5.74) is 0.776. The molecule has 130 valence electrons. The molecular weight excluding hydrogens is 386 g/mol. The second-order valence-electron chi connectivity index (χ2n) is 7.00. The highest BCUT2D eigenvalue weighted by Gasteiger charge is 2.71. The van der Waals surface area contributed by atoms with Gasteiger partial charge in [-0.3, -0.25) is 9.59 Å². The van der Waals surface area contributed by atoms with Crippen molar-refractivity contribution in [3.05, 3.63) is 53.0 Å². The summed E-state index contributed by atoms with van der Waals surface area (Å²) in [5, 5.41) is 9.65. The molecule has 3 aliphatic heterocycles. The van der Waals surface area contributed by atoms with Gasteiger partial charge in [0.05, 0.1) is 18.1 Å². The van der Waals surface area contributed by atoms with Gasteiger partial charge >= 0.3 is 5.97 Å². The number of hydrogen-bond acceptors (Lipinski definition) is 3. The van der Waals surface area contributed by atoms with E-state index in [1.165, 1.54) is 0 Å². The SMILES string of the molecule is C=C(C)C[C@H]1N(c2ccc(Br)cc2)C(=O)[C@H]2[C@@H](C(=O)O)[C@@H]3C=C[C@]21O3. The fraction of sp³-hybridized carbons (Fsp3) is 0.368. The predicted octanol–water partition coefficient (Wildman–Crippen LogP) is 3.15. The molecule has 2 saturated heterocycles. The standard InChI is InChI=1S/C19H18BrNO4/c1-10(2)9-14-19-8-7-13(25-19)15(18(23)24)16(19)17(22)21(14)12-5-3-11(20)4-6-12/h3-8,13-16H,1,9H2,2H3,(H,23,24)/t13-,14+,15-,16+,19+/m0/s1. The van der Waals surface area contributed by atoms with Crippen LogP contribution in [0.2, 0.25) is 0 Å². The second kappa shape index (κ2) is 5.54. The van der Waals surface area contributed by atoms with Crippen LogP contribution < -0.4 is 4.90 Å². The van der Waals surface area contributed by atoms with Crippen molar-refractivity contribution in [2.45, 2.75) is 31.1 Å². The molecule has 1 spiro atoms. The summed E-state index contributed by atoms with van der Waals surface area (Å²) < 4.78 is 7.03. The summed E-state index contributed by atoms with van der Waals surface area (Å²) in [5.74, 6) is -2.72. The molecule has 2 bridgehead atoms. The normalized spacial score (nSPS) is 35.3. The molecule has 1 N–H and O–H groups in total. The third kappa shape index (κ3) is 2.24. The number of halogens is 1. The average molecular weight is 404 g/mol. The number of nitrogens with zero attached hydrogens (tertiary/aromatic N) is 1. The summed E-state index contributed by atoms with van der Waals surface area (Å²) >= 11 is 3.40. The predicted molar refractivity (Wildman–Crippen MR) is 96.2 cm³/mol. The molecule has 5 nitrogen and oxygen atoms in total. The summed E-state index contributed by atoms with van der Waals surface area (Å²) in [4.78, 5) is 26.8. The highest BCUT2D eigenvalue weighted by molar-refractivity contribution is 9.10. The van der Waals surface area contributed by atoms with E-state index in [1.54, 1.807) is 11.0 Å². The van der Waals surface area contributed by atoms with Crippen molar-refractivity contribution >= 4 is 33.5 Å². The van der Waals surface area contributed by atoms with E-state index in [2.05, 4.69) is 22.5 Å². The first kappa shape index (κ1) is 16.5. The molecule has 0 saturated carbocycles. The largest absolute Gasteiger partial charge is 0.481 e. The smallest absolute Gasteiger partial charge is 0.310 e. The van der Waals surface area contributed by atoms with Gasteiger partial charge in [-0.15, -0.1) is 6.58 Å². The van der Waals surface area contributed by atoms with Crippen molar-refractivity contribution in [1.82, 2.24) is 0 Å². The fourth-order valence-corrected chi connectivity index (χ4v) is 4.69. The number of carbonyl (C=O) groups is 2. The van der Waals surface area contributed by atoms with Gasteiger partial charge in [0, 0.05) is 10.2 Å². The molecule has 0 aliphatic carbocycles. The van der Waals surface area contributed by atoms with Gasteiger partial charge in [-0.05, 0) is 37.6 Å². The minimum Gasteiger partial charge on any atom is -0.481 e. The van der Waals surface area contributed by atoms with Crippen LogP contribution in [0.4, 0.5) is 5.69 Å². The van der Waals surface area contributed by atoms with Crippen LogP contribution in [0.1, 0.15) is 13.3 Å². The minimum atomic E-state index is -0.985. The quantitative estimate of drug-likeness (QED) is 0.784. The lowest BCUT2D eigenvalue weighted by Gasteiger charge is -2.33. The molecule has 1 aromatic carbocycles. The lowest BCUT2D eigenvalue weighted by Crippen LogP contribution is -2.45. The molecule has 0 unspecified atom stereocenters. The molecule has 0 aromatic heterocycles. The maximum Gasteiger partial charge on any atom is 0.310 e. The summed E-state index contributed by atoms with van der Waals surface area (Å²) in [6, 6.07) is 7.16. The Labute approximate surface area is 154 Å². The molecule has 0 radical (unpaired) electrons. The summed E-state index contributed by atoms with van der Waals surface area (Å²) in [6.07, 6.45) is 3.71. The van der Waals surface area contributed by atoms with Gasteiger partial charge in [0.15, 0.2) is 0 Å². The summed E-state index contributed by atoms with van der Waals surface area (Å²) in [6.45, 7) is 5.90. The maximum absolute atomic E-state index is 13.3. The number of hydrogen-bond donors (Lipinski definition) is 1. The van der Waals surface area contributed by atoms with Crippen molar-refractivity contribution in [1.29, 1.82) is 0 Å². The van der Waals surface area contributed by atoms with E-state index in [0.717, 1.165) is 15.7 Å². The number of rotatable bonds is 4. The van der Waals surface area contributed by atoms with Crippen LogP contribution in [0.3, 0.4) is 0 Å². The third-order valence-corrected chi connectivity index (χ3v) is 5.88. The van der Waals surface area contributed by atoms with Gasteiger partial charge in [0.2, 0.25) is 5.91 Å². The van der Waals surface area contributed by atoms with Gasteiger partial charge in [0.1, 0.15) is 11.5 Å². The van der Waals surface area contributed by atoms with Crippen LogP contribution in [0.25, 0.3) is 0 Å². The number of aliphatic carboxylic acids is 1. The number of carboxylic acid groups (broad SMARTS) is 1. The number of fused-ring (bicyclic) bond motifs is 1. The zero-order chi connectivity index (χ0) is 17.9. The lowest BCUT2D eigenvalue weighted by molar-refractivity contribution is -0.146. The van der Waals surface area contributed by atoms with E-state index in [4.69, 9.17) is 4.74 Å². The highest BCUT2D eigenvalue weighted by Crippen LogP contribution is 2.56. The molecular formula is C19H18BrNO4. The molecule has 3 heterocycles. The van der Waals surface area contributed by atoms with E-state index in [9.17, 15) is 14.7 Å². The number of ether oxygens (including phenoxy) is 1. The van der Waals surface area contributed by atoms with Crippen molar-refractivity contribution in [3.63, 3.8) is 0 Å². The number of amides is 1. The molecule has 2 fully saturated rings. The van der Waals surface area contributed by atoms with E-state index >= 15 is 0 Å². The number of benzene rings is 1. The Balaban J connectivity index is 1.84. The fourth-order valence-electron chi connectivity index (χ4n) is 4.42. The van der Waals surface area contributed by atoms with Crippen molar-refractivity contribution in [2.75, 3.05) is 4.90 Å². The van der Waals surface area contributed by atoms with Crippen LogP contribution in [0, 0.1) is 11.8 Å². The Morgan fingerprint density at radius 2 is 2.08 bits per heavy atom. The Morgan fingerprint density at radius 3 is 2.68 bits per heavy atom. The topological polar surface area (TPSA) is 66.8 Å². The second-order valence-corrected chi connectivity index (χ2v) is 7.91. The van der Waals surface area contributed by atoms with Crippen LogP contribution in [-0.2, 0) is 14.3 Å². The average Bonchev–Trinajstić information content (AvgIpc) is 3.18. The number of carboxylic acids is 1. The van der Waals surface area contributed by atoms with Crippen molar-refractivity contribution in [2.24, 2.45) is 11.8 Å². The van der Waals surface area contributed by atoms with E-state index in [-0.39, 0.29) is 11.9 Å². The van der Waals surface area contributed by atoms with Crippen molar-refractivity contribution < 1.29 is 19.4 Å². The Hall–Kier alpha value is -1.92. The van der Waals surface area contributed by atoms with Crippen molar-refractivity contribution in [3.8, 4) is 0 Å². The zero-order valence-corrected chi connectivity index (χ0v) is 15.3. The highest BCUT2D eigenvalue weighted by atomic mass is 79.9. The molecule has 25 heavy (non-hydrogen) atoms. The lowest BCUT2D eigenvalue weighted by atomic mass is 9.74. The first-order chi connectivity index (χ1) is 11.8. The van der Waals surface area contributed by atoms with Gasteiger partial charge < -0.3 is 14.7 Å².